The first-order valence-corrected chi connectivity index (χ1v) is 21.7. The highest BCUT2D eigenvalue weighted by Crippen LogP contribution is 2.50. The third-order valence-corrected chi connectivity index (χ3v) is 11.5. The lowest BCUT2D eigenvalue weighted by Gasteiger charge is -2.34. The van der Waals surface area contributed by atoms with Gasteiger partial charge in [0.1, 0.15) is 0 Å². The van der Waals surface area contributed by atoms with Gasteiger partial charge < -0.3 is 10.2 Å². The van der Waals surface area contributed by atoms with Gasteiger partial charge >= 0.3 is 0 Å². The Morgan fingerprint density at radius 1 is 0.391 bits per heavy atom. The number of benzene rings is 9. The molecule has 314 valence electrons. The molecule has 0 radical (unpaired) electrons. The third kappa shape index (κ3) is 9.05. The molecule has 0 heterocycles. The van der Waals surface area contributed by atoms with E-state index in [1.54, 1.807) is 0 Å². The first-order chi connectivity index (χ1) is 34.7. The number of rotatable bonds is 10. The maximum Gasteiger partial charge on any atom is 0.0651 e. The maximum absolute atomic E-state index is 10.3. The third-order valence-electron chi connectivity index (χ3n) is 11.5. The molecule has 1 N–H and O–H groups in total. The second kappa shape index (κ2) is 17.8. The Labute approximate surface area is 393 Å². The van der Waals surface area contributed by atoms with Crippen molar-refractivity contribution in [2.75, 3.05) is 10.2 Å². The van der Waals surface area contributed by atoms with E-state index in [1.807, 2.05) is 114 Å². The summed E-state index contributed by atoms with van der Waals surface area (Å²) >= 11 is 0. The van der Waals surface area contributed by atoms with E-state index in [1.165, 1.54) is 0 Å². The molecule has 0 atom stereocenters. The summed E-state index contributed by atoms with van der Waals surface area (Å²) in [6.07, 6.45) is 0. The van der Waals surface area contributed by atoms with E-state index < -0.39 is 59.8 Å². The van der Waals surface area contributed by atoms with Crippen LogP contribution in [0, 0.1) is 0 Å². The molecule has 2 nitrogen and oxygen atoms in total. The van der Waals surface area contributed by atoms with E-state index in [4.69, 9.17) is 6.85 Å². The summed E-state index contributed by atoms with van der Waals surface area (Å²) in [5, 5.41) is 3.84. The summed E-state index contributed by atoms with van der Waals surface area (Å²) in [5.74, 6) is 0. The SMILES string of the molecule is [2H]c1c([2H])c([2H])c(-c2c([2H])c([2H])c([2H])c(N(c3cc(Nc4cc(-c5ccccc5)ccc4-c4ccccc4)cc(C(C)(C)C)c3)c3c(-c4ccccc4)cc(C(C)(C)C)cc3-c3ccccc3)c2[2H])c([2H])c1[2H]. The minimum Gasteiger partial charge on any atom is -0.355 e. The number of anilines is 5. The topological polar surface area (TPSA) is 15.3 Å². The van der Waals surface area contributed by atoms with E-state index in [0.29, 0.717) is 17.1 Å². The lowest BCUT2D eigenvalue weighted by Crippen LogP contribution is -2.18. The molecule has 0 fully saturated rings. The highest BCUT2D eigenvalue weighted by molar-refractivity contribution is 5.99. The molecular formula is C62H56N2. The van der Waals surface area contributed by atoms with Gasteiger partial charge in [-0.1, -0.05) is 217 Å². The molecule has 9 aromatic rings. The van der Waals surface area contributed by atoms with Crippen molar-refractivity contribution in [1.29, 1.82) is 0 Å². The van der Waals surface area contributed by atoms with E-state index in [0.717, 1.165) is 61.3 Å². The quantitative estimate of drug-likeness (QED) is 0.148. The van der Waals surface area contributed by atoms with Gasteiger partial charge in [-0.25, -0.2) is 0 Å². The molecule has 0 aliphatic rings. The molecule has 9 aromatic carbocycles. The van der Waals surface area contributed by atoms with Crippen LogP contribution in [0.5, 0.6) is 0 Å². The van der Waals surface area contributed by atoms with Crippen LogP contribution in [0.2, 0.25) is 0 Å². The van der Waals surface area contributed by atoms with Crippen molar-refractivity contribution in [1.82, 2.24) is 0 Å². The first-order valence-electron chi connectivity index (χ1n) is 26.2. The van der Waals surface area contributed by atoms with Crippen molar-refractivity contribution in [3.05, 3.63) is 235 Å². The smallest absolute Gasteiger partial charge is 0.0651 e. The monoisotopic (exact) mass is 838 g/mol. The standard InChI is InChI=1S/C62H56N2/c1-61(2,3)51-39-53(63-59-38-50(45-25-14-8-15-26-45)35-36-56(59)46-27-16-9-17-28-46)43-55(40-51)64(54-34-22-33-49(37-54)44-23-12-7-13-24-44)60-57(47-29-18-10-19-30-47)41-52(62(4,5)6)42-58(60)48-31-20-11-21-32-48/h7-43,63H,1-6H3/i7D,12D,13D,22D,23D,24D,33D,34D,37D. The molecule has 0 aromatic heterocycles. The number of nitrogens with zero attached hydrogens (tertiary/aromatic N) is 1. The second-order valence-electron chi connectivity index (χ2n) is 18.1. The molecule has 0 amide bonds. The van der Waals surface area contributed by atoms with Crippen LogP contribution in [0.4, 0.5) is 28.4 Å². The van der Waals surface area contributed by atoms with Gasteiger partial charge in [0.05, 0.1) is 18.0 Å². The van der Waals surface area contributed by atoms with Gasteiger partial charge in [0.2, 0.25) is 0 Å². The second-order valence-corrected chi connectivity index (χ2v) is 18.1. The average molecular weight is 838 g/mol. The molecule has 9 rings (SSSR count). The van der Waals surface area contributed by atoms with Crippen LogP contribution in [0.1, 0.15) is 65.0 Å². The Balaban J connectivity index is 1.44. The Kier molecular flexibility index (Phi) is 8.95. The van der Waals surface area contributed by atoms with Crippen molar-refractivity contribution < 1.29 is 12.3 Å². The van der Waals surface area contributed by atoms with E-state index in [-0.39, 0.29) is 22.2 Å². The summed E-state index contributed by atoms with van der Waals surface area (Å²) in [4.78, 5) is 1.83. The fourth-order valence-electron chi connectivity index (χ4n) is 8.03. The Bertz CT molecular complexity index is 3440. The lowest BCUT2D eigenvalue weighted by atomic mass is 9.81. The van der Waals surface area contributed by atoms with E-state index in [9.17, 15) is 5.48 Å². The molecule has 0 spiro atoms. The van der Waals surface area contributed by atoms with Crippen molar-refractivity contribution >= 4 is 28.4 Å². The van der Waals surface area contributed by atoms with Crippen LogP contribution in [0.25, 0.3) is 55.6 Å². The first kappa shape index (κ1) is 32.3. The zero-order chi connectivity index (χ0) is 52.1. The van der Waals surface area contributed by atoms with Gasteiger partial charge in [0.25, 0.3) is 0 Å². The highest BCUT2D eigenvalue weighted by Gasteiger charge is 2.28. The minimum absolute atomic E-state index is 0.103. The predicted octanol–water partition coefficient (Wildman–Crippen LogP) is 17.8. The molecule has 0 bridgehead atoms. The molecular weight excluding hydrogens is 773 g/mol. The Morgan fingerprint density at radius 2 is 0.891 bits per heavy atom. The Hall–Kier alpha value is -7.42. The fraction of sp³-hybridized carbons (Fsp3) is 0.129. The summed E-state index contributed by atoms with van der Waals surface area (Å²) in [7, 11) is 0. The van der Waals surface area contributed by atoms with Crippen molar-refractivity contribution in [2.24, 2.45) is 0 Å². The van der Waals surface area contributed by atoms with Crippen LogP contribution >= 0.6 is 0 Å². The zero-order valence-corrected chi connectivity index (χ0v) is 37.1. The fourth-order valence-corrected chi connectivity index (χ4v) is 8.03. The average Bonchev–Trinajstić information content (AvgIpc) is 3.39. The number of hydrogen-bond donors (Lipinski definition) is 1. The van der Waals surface area contributed by atoms with Gasteiger partial charge in [0, 0.05) is 39.4 Å². The van der Waals surface area contributed by atoms with Gasteiger partial charge in [0.15, 0.2) is 0 Å². The molecule has 0 saturated heterocycles. The number of nitrogens with one attached hydrogen (secondary N) is 1. The van der Waals surface area contributed by atoms with Crippen molar-refractivity contribution in [3.8, 4) is 55.6 Å². The Morgan fingerprint density at radius 3 is 1.44 bits per heavy atom. The molecule has 0 saturated carbocycles. The van der Waals surface area contributed by atoms with Gasteiger partial charge in [-0.3, -0.25) is 0 Å². The normalized spacial score (nSPS) is 13.6. The molecule has 0 unspecified atom stereocenters. The van der Waals surface area contributed by atoms with Crippen LogP contribution < -0.4 is 10.2 Å². The summed E-state index contributed by atoms with van der Waals surface area (Å²) in [6.45, 7) is 12.8. The van der Waals surface area contributed by atoms with Crippen LogP contribution in [-0.2, 0) is 10.8 Å². The van der Waals surface area contributed by atoms with Crippen LogP contribution in [-0.4, -0.2) is 0 Å². The highest BCUT2D eigenvalue weighted by atomic mass is 15.1. The largest absolute Gasteiger partial charge is 0.355 e. The van der Waals surface area contributed by atoms with Crippen LogP contribution in [0.3, 0.4) is 0 Å². The summed E-state index contributed by atoms with van der Waals surface area (Å²) < 4.78 is 83.0. The van der Waals surface area contributed by atoms with Gasteiger partial charge in [-0.2, -0.15) is 0 Å². The predicted molar refractivity (Wildman–Crippen MR) is 275 cm³/mol. The summed E-state index contributed by atoms with van der Waals surface area (Å²) in [6, 6.07) is 51.8. The molecule has 0 aliphatic carbocycles. The van der Waals surface area contributed by atoms with Crippen LogP contribution in [0.15, 0.2) is 224 Å². The maximum atomic E-state index is 10.3. The van der Waals surface area contributed by atoms with Gasteiger partial charge in [-0.05, 0) is 109 Å². The van der Waals surface area contributed by atoms with E-state index in [2.05, 4.69) is 108 Å². The summed E-state index contributed by atoms with van der Waals surface area (Å²) in [5.41, 5.74) is 10.1. The van der Waals surface area contributed by atoms with Crippen molar-refractivity contribution in [3.63, 3.8) is 0 Å². The lowest BCUT2D eigenvalue weighted by molar-refractivity contribution is 0.590. The number of hydrogen-bond acceptors (Lipinski definition) is 2. The zero-order valence-electron chi connectivity index (χ0n) is 46.1. The molecule has 64 heavy (non-hydrogen) atoms. The van der Waals surface area contributed by atoms with Gasteiger partial charge in [-0.15, -0.1) is 0 Å². The minimum atomic E-state index is -0.634. The van der Waals surface area contributed by atoms with Crippen molar-refractivity contribution in [2.45, 2.75) is 52.4 Å². The van der Waals surface area contributed by atoms with E-state index >= 15 is 0 Å². The molecule has 2 heteroatoms. The molecule has 0 aliphatic heterocycles.